The number of morpholine rings is 1. The number of hydrogen-bond donors (Lipinski definition) is 0. The van der Waals surface area contributed by atoms with E-state index in [9.17, 15) is 4.39 Å². The maximum absolute atomic E-state index is 13.0. The molecule has 0 amide bonds. The van der Waals surface area contributed by atoms with Crippen LogP contribution in [0.2, 0.25) is 0 Å². The van der Waals surface area contributed by atoms with Crippen LogP contribution in [0, 0.1) is 5.82 Å². The van der Waals surface area contributed by atoms with Gasteiger partial charge in [-0.3, -0.25) is 4.90 Å². The lowest BCUT2D eigenvalue weighted by Crippen LogP contribution is -2.42. The molecule has 0 spiro atoms. The van der Waals surface area contributed by atoms with Crippen LogP contribution in [0.5, 0.6) is 0 Å². The third kappa shape index (κ3) is 3.65. The summed E-state index contributed by atoms with van der Waals surface area (Å²) in [6.45, 7) is 3.21. The molecule has 1 aliphatic rings. The lowest BCUT2D eigenvalue weighted by atomic mass is 10.2. The van der Waals surface area contributed by atoms with E-state index in [-0.39, 0.29) is 11.9 Å². The highest BCUT2D eigenvalue weighted by molar-refractivity contribution is 9.10. The Balaban J connectivity index is 2.00. The Labute approximate surface area is 114 Å². The summed E-state index contributed by atoms with van der Waals surface area (Å²) in [4.78, 5) is 2.27. The average Bonchev–Trinajstić information content (AvgIpc) is 2.33. The van der Waals surface area contributed by atoms with Gasteiger partial charge in [0, 0.05) is 30.0 Å². The highest BCUT2D eigenvalue weighted by atomic mass is 79.9. The van der Waals surface area contributed by atoms with E-state index in [2.05, 4.69) is 20.8 Å². The van der Waals surface area contributed by atoms with E-state index in [1.54, 1.807) is 0 Å². The molecule has 0 aliphatic carbocycles. The van der Waals surface area contributed by atoms with E-state index in [1.807, 2.05) is 6.07 Å². The van der Waals surface area contributed by atoms with Crippen molar-refractivity contribution in [3.63, 3.8) is 0 Å². The van der Waals surface area contributed by atoms with Gasteiger partial charge in [0.15, 0.2) is 0 Å². The maximum atomic E-state index is 13.0. The van der Waals surface area contributed by atoms with Gasteiger partial charge < -0.3 is 4.74 Å². The fourth-order valence-electron chi connectivity index (χ4n) is 1.91. The van der Waals surface area contributed by atoms with Gasteiger partial charge in [-0.1, -0.05) is 22.0 Å². The molecule has 94 valence electrons. The monoisotopic (exact) mass is 321 g/mol. The Bertz CT molecular complexity index is 391. The topological polar surface area (TPSA) is 12.5 Å². The van der Waals surface area contributed by atoms with Crippen LogP contribution >= 0.6 is 27.5 Å². The molecule has 17 heavy (non-hydrogen) atoms. The smallest absolute Gasteiger partial charge is 0.124 e. The molecule has 1 aliphatic heterocycles. The van der Waals surface area contributed by atoms with E-state index in [0.29, 0.717) is 12.5 Å². The summed E-state index contributed by atoms with van der Waals surface area (Å²) in [6, 6.07) is 4.79. The van der Waals surface area contributed by atoms with Gasteiger partial charge in [-0.15, -0.1) is 11.6 Å². The molecule has 1 atom stereocenters. The SMILES string of the molecule is Fc1ccc(CN2CCOC(CCl)C2)c(Br)c1. The third-order valence-corrected chi connectivity index (χ3v) is 3.89. The molecular weight excluding hydrogens is 308 g/mol. The predicted molar refractivity (Wildman–Crippen MR) is 69.8 cm³/mol. The van der Waals surface area contributed by atoms with Gasteiger partial charge in [0.1, 0.15) is 5.82 Å². The molecule has 0 radical (unpaired) electrons. The Morgan fingerprint density at radius 2 is 2.35 bits per heavy atom. The number of benzene rings is 1. The summed E-state index contributed by atoms with van der Waals surface area (Å²) in [7, 11) is 0. The summed E-state index contributed by atoms with van der Waals surface area (Å²) < 4.78 is 19.3. The van der Waals surface area contributed by atoms with Gasteiger partial charge in [-0.05, 0) is 17.7 Å². The largest absolute Gasteiger partial charge is 0.374 e. The lowest BCUT2D eigenvalue weighted by molar-refractivity contribution is -0.0194. The van der Waals surface area contributed by atoms with Crippen molar-refractivity contribution in [3.05, 3.63) is 34.1 Å². The molecule has 2 rings (SSSR count). The van der Waals surface area contributed by atoms with Crippen molar-refractivity contribution in [1.29, 1.82) is 0 Å². The minimum Gasteiger partial charge on any atom is -0.374 e. The molecule has 0 bridgehead atoms. The molecular formula is C12H14BrClFNO. The van der Waals surface area contributed by atoms with Crippen LogP contribution in [0.15, 0.2) is 22.7 Å². The van der Waals surface area contributed by atoms with Crippen LogP contribution in [0.25, 0.3) is 0 Å². The highest BCUT2D eigenvalue weighted by Gasteiger charge is 2.20. The summed E-state index contributed by atoms with van der Waals surface area (Å²) >= 11 is 9.17. The zero-order valence-corrected chi connectivity index (χ0v) is 11.7. The molecule has 1 aromatic carbocycles. The summed E-state index contributed by atoms with van der Waals surface area (Å²) in [5.74, 6) is 0.294. The normalized spacial score (nSPS) is 21.7. The minimum absolute atomic E-state index is 0.102. The average molecular weight is 323 g/mol. The Kier molecular flexibility index (Phi) is 4.79. The van der Waals surface area contributed by atoms with Crippen LogP contribution in [-0.4, -0.2) is 36.6 Å². The van der Waals surface area contributed by atoms with Gasteiger partial charge >= 0.3 is 0 Å². The lowest BCUT2D eigenvalue weighted by Gasteiger charge is -2.32. The van der Waals surface area contributed by atoms with Crippen LogP contribution < -0.4 is 0 Å². The molecule has 1 unspecified atom stereocenters. The van der Waals surface area contributed by atoms with Gasteiger partial charge in [0.05, 0.1) is 12.7 Å². The summed E-state index contributed by atoms with van der Waals surface area (Å²) in [5.41, 5.74) is 1.08. The van der Waals surface area contributed by atoms with E-state index >= 15 is 0 Å². The molecule has 2 nitrogen and oxygen atoms in total. The number of halogens is 3. The zero-order valence-electron chi connectivity index (χ0n) is 9.33. The van der Waals surface area contributed by atoms with Crippen molar-refractivity contribution in [3.8, 4) is 0 Å². The van der Waals surface area contributed by atoms with Crippen molar-refractivity contribution >= 4 is 27.5 Å². The maximum Gasteiger partial charge on any atom is 0.124 e. The van der Waals surface area contributed by atoms with Gasteiger partial charge in [0.2, 0.25) is 0 Å². The number of hydrogen-bond acceptors (Lipinski definition) is 2. The minimum atomic E-state index is -0.221. The molecule has 0 N–H and O–H groups in total. The fourth-order valence-corrected chi connectivity index (χ4v) is 2.57. The molecule has 1 aromatic rings. The molecule has 1 saturated heterocycles. The van der Waals surface area contributed by atoms with E-state index in [1.165, 1.54) is 12.1 Å². The molecule has 5 heteroatoms. The fraction of sp³-hybridized carbons (Fsp3) is 0.500. The summed E-state index contributed by atoms with van der Waals surface area (Å²) in [5, 5.41) is 0. The van der Waals surface area contributed by atoms with Gasteiger partial charge in [-0.25, -0.2) is 4.39 Å². The quantitative estimate of drug-likeness (QED) is 0.793. The number of alkyl halides is 1. The van der Waals surface area contributed by atoms with Crippen molar-refractivity contribution in [2.45, 2.75) is 12.6 Å². The van der Waals surface area contributed by atoms with E-state index in [0.717, 1.165) is 29.7 Å². The van der Waals surface area contributed by atoms with Crippen LogP contribution in [0.1, 0.15) is 5.56 Å². The van der Waals surface area contributed by atoms with Crippen LogP contribution in [0.3, 0.4) is 0 Å². The van der Waals surface area contributed by atoms with Crippen LogP contribution in [-0.2, 0) is 11.3 Å². The Morgan fingerprint density at radius 3 is 3.06 bits per heavy atom. The molecule has 1 fully saturated rings. The Hall–Kier alpha value is -0.160. The molecule has 1 heterocycles. The van der Waals surface area contributed by atoms with E-state index in [4.69, 9.17) is 16.3 Å². The second kappa shape index (κ2) is 6.14. The third-order valence-electron chi connectivity index (χ3n) is 2.80. The number of ether oxygens (including phenoxy) is 1. The first-order valence-electron chi connectivity index (χ1n) is 5.53. The number of nitrogens with zero attached hydrogens (tertiary/aromatic N) is 1. The predicted octanol–water partition coefficient (Wildman–Crippen LogP) is 3.03. The molecule has 0 aromatic heterocycles. The van der Waals surface area contributed by atoms with Crippen molar-refractivity contribution in [1.82, 2.24) is 4.90 Å². The first-order chi connectivity index (χ1) is 8.19. The van der Waals surface area contributed by atoms with Crippen molar-refractivity contribution < 1.29 is 9.13 Å². The first-order valence-corrected chi connectivity index (χ1v) is 6.85. The van der Waals surface area contributed by atoms with Gasteiger partial charge in [0.25, 0.3) is 0 Å². The summed E-state index contributed by atoms with van der Waals surface area (Å²) in [6.07, 6.45) is 0.102. The second-order valence-electron chi connectivity index (χ2n) is 4.12. The number of rotatable bonds is 3. The Morgan fingerprint density at radius 1 is 1.53 bits per heavy atom. The van der Waals surface area contributed by atoms with Crippen LogP contribution in [0.4, 0.5) is 4.39 Å². The first kappa shape index (κ1) is 13.3. The molecule has 0 saturated carbocycles. The zero-order chi connectivity index (χ0) is 12.3. The highest BCUT2D eigenvalue weighted by Crippen LogP contribution is 2.20. The van der Waals surface area contributed by atoms with Crippen molar-refractivity contribution in [2.75, 3.05) is 25.6 Å². The second-order valence-corrected chi connectivity index (χ2v) is 5.28. The van der Waals surface area contributed by atoms with Crippen molar-refractivity contribution in [2.24, 2.45) is 0 Å². The van der Waals surface area contributed by atoms with Gasteiger partial charge in [-0.2, -0.15) is 0 Å². The van der Waals surface area contributed by atoms with E-state index < -0.39 is 0 Å². The standard InChI is InChI=1S/C12H14BrClFNO/c13-12-5-10(15)2-1-9(12)7-16-3-4-17-11(6-14)8-16/h1-2,5,11H,3-4,6-8H2.